The molecule has 2 heterocycles. The average molecular weight is 423 g/mol. The second-order valence-corrected chi connectivity index (χ2v) is 9.03. The zero-order valence-corrected chi connectivity index (χ0v) is 17.9. The number of para-hydroxylation sites is 2. The summed E-state index contributed by atoms with van der Waals surface area (Å²) >= 11 is 0. The summed E-state index contributed by atoms with van der Waals surface area (Å²) in [6.45, 7) is 5.69. The van der Waals surface area contributed by atoms with Crippen molar-refractivity contribution in [3.63, 3.8) is 0 Å². The van der Waals surface area contributed by atoms with Crippen LogP contribution in [0.1, 0.15) is 6.92 Å². The molecule has 30 heavy (non-hydrogen) atoms. The quantitative estimate of drug-likeness (QED) is 0.607. The summed E-state index contributed by atoms with van der Waals surface area (Å²) in [5.74, 6) is 0.810. The van der Waals surface area contributed by atoms with E-state index in [4.69, 9.17) is 0 Å². The van der Waals surface area contributed by atoms with Crippen LogP contribution in [0.4, 0.5) is 17.2 Å². The molecule has 0 aliphatic carbocycles. The van der Waals surface area contributed by atoms with Crippen molar-refractivity contribution in [3.05, 3.63) is 79.0 Å². The summed E-state index contributed by atoms with van der Waals surface area (Å²) in [6, 6.07) is 23.0. The van der Waals surface area contributed by atoms with Crippen LogP contribution in [0.25, 0.3) is 0 Å². The highest BCUT2D eigenvalue weighted by atomic mass is 32.2. The van der Waals surface area contributed by atoms with E-state index in [0.717, 1.165) is 32.0 Å². The molecule has 0 spiro atoms. The molecule has 0 bridgehead atoms. The topological polar surface area (TPSA) is 56.8 Å². The third-order valence-electron chi connectivity index (χ3n) is 5.37. The number of sulfonamides is 1. The number of nitrogens with zero attached hydrogens (tertiary/aromatic N) is 4. The van der Waals surface area contributed by atoms with Crippen LogP contribution in [0.3, 0.4) is 0 Å². The molecule has 1 aliphatic rings. The maximum absolute atomic E-state index is 13.1. The van der Waals surface area contributed by atoms with Crippen molar-refractivity contribution in [2.24, 2.45) is 0 Å². The van der Waals surface area contributed by atoms with Gasteiger partial charge < -0.3 is 9.80 Å². The fourth-order valence-electron chi connectivity index (χ4n) is 3.76. The number of benzene rings is 2. The van der Waals surface area contributed by atoms with Crippen LogP contribution in [0.5, 0.6) is 0 Å². The van der Waals surface area contributed by atoms with Crippen LogP contribution in [-0.2, 0) is 10.0 Å². The number of pyridine rings is 1. The number of piperazine rings is 1. The number of anilines is 3. The Labute approximate surface area is 178 Å². The molecule has 1 fully saturated rings. The molecule has 0 amide bonds. The van der Waals surface area contributed by atoms with Gasteiger partial charge in [0, 0.05) is 44.6 Å². The molecular formula is C23H26N4O2S. The van der Waals surface area contributed by atoms with E-state index in [1.807, 2.05) is 37.3 Å². The normalized spacial score (nSPS) is 14.6. The van der Waals surface area contributed by atoms with Crippen LogP contribution >= 0.6 is 0 Å². The number of hydrogen-bond acceptors (Lipinski definition) is 5. The molecule has 7 heteroatoms. The summed E-state index contributed by atoms with van der Waals surface area (Å²) < 4.78 is 27.6. The molecule has 0 unspecified atom stereocenters. The minimum atomic E-state index is -3.65. The van der Waals surface area contributed by atoms with Crippen molar-refractivity contribution in [1.29, 1.82) is 0 Å². The second kappa shape index (κ2) is 8.75. The maximum atomic E-state index is 13.1. The van der Waals surface area contributed by atoms with Gasteiger partial charge in [0.25, 0.3) is 10.0 Å². The first-order chi connectivity index (χ1) is 14.6. The van der Waals surface area contributed by atoms with E-state index in [-0.39, 0.29) is 4.90 Å². The monoisotopic (exact) mass is 422 g/mol. The van der Waals surface area contributed by atoms with Gasteiger partial charge in [-0.15, -0.1) is 0 Å². The average Bonchev–Trinajstić information content (AvgIpc) is 2.81. The molecular weight excluding hydrogens is 396 g/mol. The van der Waals surface area contributed by atoms with Crippen molar-refractivity contribution < 1.29 is 8.42 Å². The van der Waals surface area contributed by atoms with Gasteiger partial charge in [-0.25, -0.2) is 13.4 Å². The largest absolute Gasteiger partial charge is 0.368 e. The summed E-state index contributed by atoms with van der Waals surface area (Å²) in [5.41, 5.74) is 1.88. The van der Waals surface area contributed by atoms with Crippen LogP contribution in [0.15, 0.2) is 83.9 Å². The Bertz CT molecular complexity index is 1050. The van der Waals surface area contributed by atoms with Crippen molar-refractivity contribution in [1.82, 2.24) is 4.98 Å². The number of hydrogen-bond donors (Lipinski definition) is 0. The first-order valence-electron chi connectivity index (χ1n) is 10.2. The Morgan fingerprint density at radius 3 is 2.00 bits per heavy atom. The van der Waals surface area contributed by atoms with E-state index in [1.54, 1.807) is 18.2 Å². The van der Waals surface area contributed by atoms with E-state index in [0.29, 0.717) is 12.2 Å². The second-order valence-electron chi connectivity index (χ2n) is 7.17. The van der Waals surface area contributed by atoms with Gasteiger partial charge in [-0.2, -0.15) is 0 Å². The lowest BCUT2D eigenvalue weighted by Crippen LogP contribution is -2.46. The van der Waals surface area contributed by atoms with E-state index < -0.39 is 10.0 Å². The van der Waals surface area contributed by atoms with Crippen LogP contribution in [-0.4, -0.2) is 46.1 Å². The fourth-order valence-corrected chi connectivity index (χ4v) is 5.18. The lowest BCUT2D eigenvalue weighted by molar-refractivity contribution is 0.591. The van der Waals surface area contributed by atoms with Gasteiger partial charge in [0.2, 0.25) is 0 Å². The molecule has 6 nitrogen and oxygen atoms in total. The van der Waals surface area contributed by atoms with Crippen LogP contribution in [0.2, 0.25) is 0 Å². The fraction of sp³-hybridized carbons (Fsp3) is 0.261. The Balaban J connectivity index is 1.46. The highest BCUT2D eigenvalue weighted by Crippen LogP contribution is 2.25. The summed E-state index contributed by atoms with van der Waals surface area (Å²) in [5, 5.41) is 0. The van der Waals surface area contributed by atoms with Gasteiger partial charge >= 0.3 is 0 Å². The van der Waals surface area contributed by atoms with E-state index in [9.17, 15) is 8.42 Å². The molecule has 0 radical (unpaired) electrons. The minimum Gasteiger partial charge on any atom is -0.368 e. The molecule has 1 saturated heterocycles. The third kappa shape index (κ3) is 4.11. The number of rotatable bonds is 6. The molecule has 0 N–H and O–H groups in total. The Hall–Kier alpha value is -3.06. The molecule has 3 aromatic rings. The predicted octanol–water partition coefficient (Wildman–Crippen LogP) is 3.62. The highest BCUT2D eigenvalue weighted by Gasteiger charge is 2.25. The van der Waals surface area contributed by atoms with E-state index >= 15 is 0 Å². The standard InChI is InChI=1S/C23H26N4O2S/c1-2-27(21-11-7-4-8-12-21)30(28,29)22-13-14-23(24-19-22)26-17-15-25(16-18-26)20-9-5-3-6-10-20/h3-14,19H,2,15-18H2,1H3. The Kier molecular flexibility index (Phi) is 5.90. The molecule has 0 atom stereocenters. The van der Waals surface area contributed by atoms with Gasteiger partial charge in [0.15, 0.2) is 0 Å². The Morgan fingerprint density at radius 2 is 1.43 bits per heavy atom. The SMILES string of the molecule is CCN(c1ccccc1)S(=O)(=O)c1ccc(N2CCN(c3ccccc3)CC2)nc1. The molecule has 0 saturated carbocycles. The minimum absolute atomic E-state index is 0.208. The molecule has 4 rings (SSSR count). The van der Waals surface area contributed by atoms with Gasteiger partial charge in [-0.3, -0.25) is 4.31 Å². The van der Waals surface area contributed by atoms with Crippen molar-refractivity contribution in [3.8, 4) is 0 Å². The van der Waals surface area contributed by atoms with Crippen molar-refractivity contribution in [2.75, 3.05) is 46.8 Å². The third-order valence-corrected chi connectivity index (χ3v) is 7.25. The maximum Gasteiger partial charge on any atom is 0.265 e. The van der Waals surface area contributed by atoms with Crippen molar-refractivity contribution >= 4 is 27.2 Å². The molecule has 1 aliphatic heterocycles. The molecule has 156 valence electrons. The smallest absolute Gasteiger partial charge is 0.265 e. The van der Waals surface area contributed by atoms with Gasteiger partial charge in [-0.05, 0) is 43.3 Å². The summed E-state index contributed by atoms with van der Waals surface area (Å²) in [4.78, 5) is 9.24. The molecule has 2 aromatic carbocycles. The van der Waals surface area contributed by atoms with E-state index in [1.165, 1.54) is 16.2 Å². The van der Waals surface area contributed by atoms with Gasteiger partial charge in [-0.1, -0.05) is 36.4 Å². The first kappa shape index (κ1) is 20.2. The lowest BCUT2D eigenvalue weighted by atomic mass is 10.2. The zero-order valence-electron chi connectivity index (χ0n) is 17.1. The number of aromatic nitrogens is 1. The first-order valence-corrected chi connectivity index (χ1v) is 11.6. The summed E-state index contributed by atoms with van der Waals surface area (Å²) in [6.07, 6.45) is 1.47. The van der Waals surface area contributed by atoms with Crippen LogP contribution in [0, 0.1) is 0 Å². The van der Waals surface area contributed by atoms with E-state index in [2.05, 4.69) is 39.0 Å². The highest BCUT2D eigenvalue weighted by molar-refractivity contribution is 7.92. The zero-order chi connectivity index (χ0) is 21.0. The lowest BCUT2D eigenvalue weighted by Gasteiger charge is -2.36. The summed E-state index contributed by atoms with van der Waals surface area (Å²) in [7, 11) is -3.65. The Morgan fingerprint density at radius 1 is 0.833 bits per heavy atom. The van der Waals surface area contributed by atoms with Gasteiger partial charge in [0.05, 0.1) is 5.69 Å². The predicted molar refractivity (Wildman–Crippen MR) is 122 cm³/mol. The van der Waals surface area contributed by atoms with Crippen LogP contribution < -0.4 is 14.1 Å². The van der Waals surface area contributed by atoms with Crippen molar-refractivity contribution in [2.45, 2.75) is 11.8 Å². The molecule has 1 aromatic heterocycles. The van der Waals surface area contributed by atoms with Gasteiger partial charge in [0.1, 0.15) is 10.7 Å².